The van der Waals surface area contributed by atoms with Gasteiger partial charge in [-0.3, -0.25) is 0 Å². The summed E-state index contributed by atoms with van der Waals surface area (Å²) in [6, 6.07) is 5.51. The molecule has 0 aliphatic carbocycles. The van der Waals surface area contributed by atoms with E-state index in [-0.39, 0.29) is 11.5 Å². The Bertz CT molecular complexity index is 581. The number of aromatic hydroxyl groups is 1. The van der Waals surface area contributed by atoms with Crippen LogP contribution in [0.25, 0.3) is 0 Å². The minimum atomic E-state index is -1.68. The molecule has 1 aromatic heterocycles. The van der Waals surface area contributed by atoms with E-state index in [0.717, 1.165) is 0 Å². The number of halogens is 4. The summed E-state index contributed by atoms with van der Waals surface area (Å²) in [6.07, 6.45) is 0. The number of ether oxygens (including phenoxy) is 1. The van der Waals surface area contributed by atoms with Crippen molar-refractivity contribution < 1.29 is 23.0 Å². The normalized spacial score (nSPS) is 10.4. The predicted molar refractivity (Wildman–Crippen MR) is 57.3 cm³/mol. The summed E-state index contributed by atoms with van der Waals surface area (Å²) in [5.74, 6) is -6.01. The fourth-order valence-electron chi connectivity index (χ4n) is 1.21. The molecule has 0 saturated heterocycles. The van der Waals surface area contributed by atoms with Crippen LogP contribution in [0.2, 0.25) is 5.02 Å². The number of hydrogen-bond acceptors (Lipinski definition) is 3. The van der Waals surface area contributed by atoms with E-state index in [4.69, 9.17) is 16.3 Å². The monoisotopic (exact) mass is 275 g/mol. The van der Waals surface area contributed by atoms with E-state index in [1.807, 2.05) is 0 Å². The van der Waals surface area contributed by atoms with E-state index in [9.17, 15) is 18.3 Å². The molecule has 0 spiro atoms. The van der Waals surface area contributed by atoms with Gasteiger partial charge in [-0.2, -0.15) is 18.2 Å². The molecule has 0 amide bonds. The van der Waals surface area contributed by atoms with Crippen molar-refractivity contribution >= 4 is 11.6 Å². The number of aromatic nitrogens is 1. The van der Waals surface area contributed by atoms with Crippen LogP contribution >= 0.6 is 11.6 Å². The Balaban J connectivity index is 2.50. The lowest BCUT2D eigenvalue weighted by Gasteiger charge is -2.10. The van der Waals surface area contributed by atoms with Crippen LogP contribution in [-0.4, -0.2) is 10.1 Å². The fraction of sp³-hybridized carbons (Fsp3) is 0. The first-order valence-electron chi connectivity index (χ1n) is 4.66. The lowest BCUT2D eigenvalue weighted by molar-refractivity contribution is 0.369. The summed E-state index contributed by atoms with van der Waals surface area (Å²) in [5, 5.41) is 8.59. The maximum Gasteiger partial charge on any atom is 0.255 e. The Morgan fingerprint density at radius 2 is 1.78 bits per heavy atom. The van der Waals surface area contributed by atoms with Gasteiger partial charge in [0.2, 0.25) is 11.8 Å². The molecule has 18 heavy (non-hydrogen) atoms. The van der Waals surface area contributed by atoms with Crippen molar-refractivity contribution in [3.63, 3.8) is 0 Å². The molecule has 0 unspecified atom stereocenters. The Hall–Kier alpha value is -1.95. The molecule has 1 N–H and O–H groups in total. The first-order chi connectivity index (χ1) is 8.50. The number of phenols is 1. The van der Waals surface area contributed by atoms with Crippen LogP contribution in [0, 0.1) is 17.7 Å². The standard InChI is InChI=1S/C11H5ClF3NO2/c12-7-9(8(13)11(15)16-10(7)14)18-6-4-2-1-3-5(6)17/h1-4,17H. The van der Waals surface area contributed by atoms with Gasteiger partial charge >= 0.3 is 0 Å². The van der Waals surface area contributed by atoms with E-state index in [1.54, 1.807) is 0 Å². The lowest BCUT2D eigenvalue weighted by Crippen LogP contribution is -2.00. The first kappa shape index (κ1) is 12.5. The number of rotatable bonds is 2. The number of hydrogen-bond donors (Lipinski definition) is 1. The van der Waals surface area contributed by atoms with Gasteiger partial charge in [-0.25, -0.2) is 0 Å². The molecule has 0 fully saturated rings. The topological polar surface area (TPSA) is 42.4 Å². The van der Waals surface area contributed by atoms with Crippen molar-refractivity contribution in [3.05, 3.63) is 47.0 Å². The van der Waals surface area contributed by atoms with Gasteiger partial charge in [0.05, 0.1) is 0 Å². The Labute approximate surface area is 104 Å². The summed E-state index contributed by atoms with van der Waals surface area (Å²) in [4.78, 5) is 2.61. The van der Waals surface area contributed by atoms with Crippen molar-refractivity contribution in [1.29, 1.82) is 0 Å². The molecule has 7 heteroatoms. The van der Waals surface area contributed by atoms with Crippen molar-refractivity contribution in [2.75, 3.05) is 0 Å². The van der Waals surface area contributed by atoms with Crippen LogP contribution in [0.4, 0.5) is 13.2 Å². The maximum absolute atomic E-state index is 13.4. The summed E-state index contributed by atoms with van der Waals surface area (Å²) in [6.45, 7) is 0. The molecule has 0 radical (unpaired) electrons. The average Bonchev–Trinajstić information content (AvgIpc) is 2.34. The molecule has 3 nitrogen and oxygen atoms in total. The lowest BCUT2D eigenvalue weighted by atomic mass is 10.3. The summed E-state index contributed by atoms with van der Waals surface area (Å²) in [7, 11) is 0. The molecular formula is C11H5ClF3NO2. The SMILES string of the molecule is Oc1ccccc1Oc1c(F)c(F)nc(F)c1Cl. The van der Waals surface area contributed by atoms with Crippen LogP contribution in [0.15, 0.2) is 24.3 Å². The highest BCUT2D eigenvalue weighted by Crippen LogP contribution is 2.37. The number of para-hydroxylation sites is 2. The minimum Gasteiger partial charge on any atom is -0.504 e. The van der Waals surface area contributed by atoms with Gasteiger partial charge in [0, 0.05) is 0 Å². The summed E-state index contributed by atoms with van der Waals surface area (Å²) < 4.78 is 44.1. The molecule has 0 aliphatic rings. The average molecular weight is 276 g/mol. The molecule has 0 atom stereocenters. The fourth-order valence-corrected chi connectivity index (χ4v) is 1.37. The van der Waals surface area contributed by atoms with E-state index in [2.05, 4.69) is 4.98 Å². The third-order valence-corrected chi connectivity index (χ3v) is 2.36. The Morgan fingerprint density at radius 3 is 2.44 bits per heavy atom. The van der Waals surface area contributed by atoms with Crippen LogP contribution in [0.5, 0.6) is 17.2 Å². The Morgan fingerprint density at radius 1 is 1.11 bits per heavy atom. The van der Waals surface area contributed by atoms with E-state index < -0.39 is 28.5 Å². The van der Waals surface area contributed by atoms with Crippen LogP contribution in [-0.2, 0) is 0 Å². The predicted octanol–water partition coefficient (Wildman–Crippen LogP) is 3.65. The van der Waals surface area contributed by atoms with Crippen molar-refractivity contribution in [2.45, 2.75) is 0 Å². The van der Waals surface area contributed by atoms with Crippen LogP contribution in [0.3, 0.4) is 0 Å². The molecule has 2 rings (SSSR count). The van der Waals surface area contributed by atoms with Gasteiger partial charge in [0.15, 0.2) is 17.2 Å². The highest BCUT2D eigenvalue weighted by molar-refractivity contribution is 6.32. The number of nitrogens with zero attached hydrogens (tertiary/aromatic N) is 1. The third kappa shape index (κ3) is 2.19. The van der Waals surface area contributed by atoms with Crippen molar-refractivity contribution in [1.82, 2.24) is 4.98 Å². The highest BCUT2D eigenvalue weighted by atomic mass is 35.5. The number of pyridine rings is 1. The van der Waals surface area contributed by atoms with Gasteiger partial charge in [0.25, 0.3) is 5.95 Å². The third-order valence-electron chi connectivity index (χ3n) is 2.03. The van der Waals surface area contributed by atoms with E-state index in [0.29, 0.717) is 0 Å². The molecule has 1 heterocycles. The number of phenolic OH excluding ortho intramolecular Hbond substituents is 1. The highest BCUT2D eigenvalue weighted by Gasteiger charge is 2.22. The quantitative estimate of drug-likeness (QED) is 0.851. The zero-order valence-electron chi connectivity index (χ0n) is 8.62. The molecule has 0 bridgehead atoms. The zero-order valence-corrected chi connectivity index (χ0v) is 9.38. The van der Waals surface area contributed by atoms with E-state index in [1.165, 1.54) is 24.3 Å². The number of benzene rings is 1. The molecule has 1 aromatic carbocycles. The molecule has 0 aliphatic heterocycles. The summed E-state index contributed by atoms with van der Waals surface area (Å²) in [5.41, 5.74) is 0. The van der Waals surface area contributed by atoms with Gasteiger partial charge in [-0.1, -0.05) is 23.7 Å². The van der Waals surface area contributed by atoms with Gasteiger partial charge in [-0.05, 0) is 12.1 Å². The van der Waals surface area contributed by atoms with Crippen molar-refractivity contribution in [3.8, 4) is 17.2 Å². The van der Waals surface area contributed by atoms with Crippen molar-refractivity contribution in [2.24, 2.45) is 0 Å². The zero-order chi connectivity index (χ0) is 13.3. The second kappa shape index (κ2) is 4.73. The molecule has 94 valence electrons. The largest absolute Gasteiger partial charge is 0.504 e. The molecule has 2 aromatic rings. The van der Waals surface area contributed by atoms with E-state index >= 15 is 0 Å². The Kier molecular flexibility index (Phi) is 3.29. The van der Waals surface area contributed by atoms with Gasteiger partial charge in [0.1, 0.15) is 5.02 Å². The van der Waals surface area contributed by atoms with Gasteiger partial charge < -0.3 is 9.84 Å². The molecule has 0 saturated carbocycles. The van der Waals surface area contributed by atoms with Crippen LogP contribution in [0.1, 0.15) is 0 Å². The minimum absolute atomic E-state index is 0.191. The summed E-state index contributed by atoms with van der Waals surface area (Å²) >= 11 is 5.42. The second-order valence-corrected chi connectivity index (χ2v) is 3.60. The molecular weight excluding hydrogens is 271 g/mol. The first-order valence-corrected chi connectivity index (χ1v) is 5.04. The second-order valence-electron chi connectivity index (χ2n) is 3.22. The van der Waals surface area contributed by atoms with Crippen LogP contribution < -0.4 is 4.74 Å². The maximum atomic E-state index is 13.4. The van der Waals surface area contributed by atoms with Gasteiger partial charge in [-0.15, -0.1) is 0 Å². The smallest absolute Gasteiger partial charge is 0.255 e.